The maximum atomic E-state index is 13.9. The van der Waals surface area contributed by atoms with E-state index in [0.717, 1.165) is 12.1 Å². The van der Waals surface area contributed by atoms with E-state index in [1.54, 1.807) is 6.07 Å². The molecule has 2 nitrogen and oxygen atoms in total. The molecule has 21 heavy (non-hydrogen) atoms. The van der Waals surface area contributed by atoms with Crippen molar-refractivity contribution in [2.24, 2.45) is 5.73 Å². The van der Waals surface area contributed by atoms with Crippen molar-refractivity contribution in [2.45, 2.75) is 12.0 Å². The highest BCUT2D eigenvalue weighted by Crippen LogP contribution is 2.36. The average Bonchev–Trinajstić information content (AvgIpc) is 2.44. The van der Waals surface area contributed by atoms with Gasteiger partial charge >= 0.3 is 0 Å². The molecule has 0 fully saturated rings. The zero-order valence-corrected chi connectivity index (χ0v) is 12.4. The van der Waals surface area contributed by atoms with Crippen LogP contribution in [0.5, 0.6) is 0 Å². The summed E-state index contributed by atoms with van der Waals surface area (Å²) >= 11 is 11.9. The third-order valence-electron chi connectivity index (χ3n) is 3.27. The zero-order chi connectivity index (χ0) is 15.6. The van der Waals surface area contributed by atoms with Crippen LogP contribution in [0, 0.1) is 11.6 Å². The lowest BCUT2D eigenvalue weighted by Gasteiger charge is -2.23. The fourth-order valence-corrected chi connectivity index (χ4v) is 2.60. The van der Waals surface area contributed by atoms with Crippen LogP contribution < -0.4 is 5.73 Å². The number of aliphatic hydroxyl groups is 1. The van der Waals surface area contributed by atoms with E-state index in [2.05, 4.69) is 0 Å². The standard InChI is InChI=1S/C15H13Cl2F2NO/c16-8-1-4-13(17)11(5-8)15(21)12(7-20)10-3-2-9(18)6-14(10)19/h1-6,12,15,21H,7,20H2. The van der Waals surface area contributed by atoms with Crippen molar-refractivity contribution in [2.75, 3.05) is 6.54 Å². The van der Waals surface area contributed by atoms with Crippen molar-refractivity contribution < 1.29 is 13.9 Å². The van der Waals surface area contributed by atoms with E-state index in [0.29, 0.717) is 15.6 Å². The van der Waals surface area contributed by atoms with E-state index in [1.807, 2.05) is 0 Å². The number of aliphatic hydroxyl groups excluding tert-OH is 1. The van der Waals surface area contributed by atoms with Gasteiger partial charge in [-0.3, -0.25) is 0 Å². The SMILES string of the molecule is NCC(c1ccc(F)cc1F)C(O)c1cc(Cl)ccc1Cl. The topological polar surface area (TPSA) is 46.2 Å². The van der Waals surface area contributed by atoms with Gasteiger partial charge in [-0.15, -0.1) is 0 Å². The molecule has 2 aromatic carbocycles. The van der Waals surface area contributed by atoms with Gasteiger partial charge in [-0.1, -0.05) is 29.3 Å². The molecule has 0 aliphatic rings. The Labute approximate surface area is 131 Å². The predicted molar refractivity (Wildman–Crippen MR) is 79.6 cm³/mol. The van der Waals surface area contributed by atoms with Gasteiger partial charge in [0.25, 0.3) is 0 Å². The van der Waals surface area contributed by atoms with E-state index < -0.39 is 23.7 Å². The second-order valence-electron chi connectivity index (χ2n) is 4.62. The Balaban J connectivity index is 2.43. The van der Waals surface area contributed by atoms with Crippen LogP contribution in [0.4, 0.5) is 8.78 Å². The molecule has 0 heterocycles. The molecule has 6 heteroatoms. The summed E-state index contributed by atoms with van der Waals surface area (Å²) in [7, 11) is 0. The van der Waals surface area contributed by atoms with E-state index in [1.165, 1.54) is 18.2 Å². The normalized spacial score (nSPS) is 14.0. The summed E-state index contributed by atoms with van der Waals surface area (Å²) in [5, 5.41) is 11.1. The Bertz CT molecular complexity index is 652. The first-order chi connectivity index (χ1) is 9.93. The average molecular weight is 332 g/mol. The molecule has 2 atom stereocenters. The van der Waals surface area contributed by atoms with Gasteiger partial charge in [-0.05, 0) is 29.8 Å². The molecule has 2 unspecified atom stereocenters. The number of hydrogen-bond donors (Lipinski definition) is 2. The molecule has 0 aromatic heterocycles. The van der Waals surface area contributed by atoms with Crippen LogP contribution in [0.15, 0.2) is 36.4 Å². The summed E-state index contributed by atoms with van der Waals surface area (Å²) in [5.74, 6) is -2.22. The van der Waals surface area contributed by atoms with Crippen LogP contribution in [-0.4, -0.2) is 11.7 Å². The first-order valence-electron chi connectivity index (χ1n) is 6.22. The smallest absolute Gasteiger partial charge is 0.129 e. The molecular weight excluding hydrogens is 319 g/mol. The van der Waals surface area contributed by atoms with E-state index in [9.17, 15) is 13.9 Å². The molecule has 3 N–H and O–H groups in total. The molecule has 0 bridgehead atoms. The third kappa shape index (κ3) is 3.52. The van der Waals surface area contributed by atoms with Crippen molar-refractivity contribution in [1.82, 2.24) is 0 Å². The minimum absolute atomic E-state index is 0.0352. The van der Waals surface area contributed by atoms with Crippen LogP contribution >= 0.6 is 23.2 Å². The second kappa shape index (κ2) is 6.71. The Hall–Kier alpha value is -1.20. The lowest BCUT2D eigenvalue weighted by atomic mass is 9.89. The van der Waals surface area contributed by atoms with E-state index >= 15 is 0 Å². The molecule has 0 spiro atoms. The summed E-state index contributed by atoms with van der Waals surface area (Å²) in [6.07, 6.45) is -1.15. The van der Waals surface area contributed by atoms with Gasteiger partial charge in [0.15, 0.2) is 0 Å². The first-order valence-corrected chi connectivity index (χ1v) is 6.97. The number of rotatable bonds is 4. The van der Waals surface area contributed by atoms with Gasteiger partial charge in [0.05, 0.1) is 6.10 Å². The summed E-state index contributed by atoms with van der Waals surface area (Å²) in [4.78, 5) is 0. The summed E-state index contributed by atoms with van der Waals surface area (Å²) < 4.78 is 26.9. The number of nitrogens with two attached hydrogens (primary N) is 1. The summed E-state index contributed by atoms with van der Waals surface area (Å²) in [6.45, 7) is -0.0352. The second-order valence-corrected chi connectivity index (χ2v) is 5.46. The van der Waals surface area contributed by atoms with Crippen molar-refractivity contribution >= 4 is 23.2 Å². The summed E-state index contributed by atoms with van der Waals surface area (Å²) in [6, 6.07) is 7.76. The van der Waals surface area contributed by atoms with Crippen LogP contribution in [0.2, 0.25) is 10.0 Å². The van der Waals surface area contributed by atoms with Gasteiger partial charge in [0.1, 0.15) is 11.6 Å². The quantitative estimate of drug-likeness (QED) is 0.887. The Morgan fingerprint density at radius 3 is 2.38 bits per heavy atom. The van der Waals surface area contributed by atoms with Crippen LogP contribution in [0.1, 0.15) is 23.1 Å². The largest absolute Gasteiger partial charge is 0.388 e. The van der Waals surface area contributed by atoms with Crippen LogP contribution in [-0.2, 0) is 0 Å². The zero-order valence-electron chi connectivity index (χ0n) is 10.9. The van der Waals surface area contributed by atoms with Gasteiger partial charge < -0.3 is 10.8 Å². The molecule has 0 aliphatic heterocycles. The summed E-state index contributed by atoms with van der Waals surface area (Å²) in [5.41, 5.74) is 6.12. The van der Waals surface area contributed by atoms with Crippen molar-refractivity contribution in [3.63, 3.8) is 0 Å². The third-order valence-corrected chi connectivity index (χ3v) is 3.85. The molecule has 112 valence electrons. The van der Waals surface area contributed by atoms with Gasteiger partial charge in [0.2, 0.25) is 0 Å². The maximum Gasteiger partial charge on any atom is 0.129 e. The molecule has 2 rings (SSSR count). The van der Waals surface area contributed by atoms with E-state index in [4.69, 9.17) is 28.9 Å². The Morgan fingerprint density at radius 1 is 1.05 bits per heavy atom. The van der Waals surface area contributed by atoms with Crippen LogP contribution in [0.25, 0.3) is 0 Å². The molecule has 0 saturated carbocycles. The highest BCUT2D eigenvalue weighted by Gasteiger charge is 2.26. The monoisotopic (exact) mass is 331 g/mol. The minimum atomic E-state index is -1.15. The number of benzene rings is 2. The number of halogens is 4. The molecule has 0 aliphatic carbocycles. The predicted octanol–water partition coefficient (Wildman–Crippen LogP) is 4.05. The highest BCUT2D eigenvalue weighted by molar-refractivity contribution is 6.33. The van der Waals surface area contributed by atoms with Gasteiger partial charge in [-0.2, -0.15) is 0 Å². The van der Waals surface area contributed by atoms with E-state index in [-0.39, 0.29) is 12.1 Å². The van der Waals surface area contributed by atoms with Crippen molar-refractivity contribution in [3.05, 3.63) is 69.2 Å². The number of hydrogen-bond acceptors (Lipinski definition) is 2. The van der Waals surface area contributed by atoms with Gasteiger partial charge in [-0.25, -0.2) is 8.78 Å². The molecule has 0 amide bonds. The fraction of sp³-hybridized carbons (Fsp3) is 0.200. The van der Waals surface area contributed by atoms with Crippen molar-refractivity contribution in [1.29, 1.82) is 0 Å². The lowest BCUT2D eigenvalue weighted by Crippen LogP contribution is -2.21. The first kappa shape index (κ1) is 16.2. The van der Waals surface area contributed by atoms with Crippen LogP contribution in [0.3, 0.4) is 0 Å². The lowest BCUT2D eigenvalue weighted by molar-refractivity contribution is 0.146. The molecule has 0 radical (unpaired) electrons. The Kier molecular flexibility index (Phi) is 5.17. The van der Waals surface area contributed by atoms with Crippen molar-refractivity contribution in [3.8, 4) is 0 Å². The highest BCUT2D eigenvalue weighted by atomic mass is 35.5. The molecule has 2 aromatic rings. The molecular formula is C15H13Cl2F2NO. The fourth-order valence-electron chi connectivity index (χ4n) is 2.19. The maximum absolute atomic E-state index is 13.9. The Morgan fingerprint density at radius 2 is 1.76 bits per heavy atom. The van der Waals surface area contributed by atoms with Gasteiger partial charge in [0, 0.05) is 34.1 Å². The minimum Gasteiger partial charge on any atom is -0.388 e. The molecule has 0 saturated heterocycles.